The standard InChI is InChI=1S/C24H33N13O7S2.H2O4S/c1-24(2,21(42)43)44-32-12(16-31-23(29)46-33-16)17(38)30-13-18(39)37-14(20(40)41)10(9-45-19(13)37)7-35-8-11(15(26)34(35)3)36(22(27)28)6-4-5-25;1-5(2,3)4/h8,13,19,26H,4-7,9,25H2,1-3H3,(H8,27,28,29,30,31,33,38,40,41,42,43);(H2,1,2,3,4)/b32-12-;/t13-,19-;/m1./s1. The van der Waals surface area contributed by atoms with E-state index in [4.69, 9.17) is 50.7 Å². The van der Waals surface area contributed by atoms with Crippen molar-refractivity contribution >= 4 is 85.8 Å². The summed E-state index contributed by atoms with van der Waals surface area (Å²) in [4.78, 5) is 62.1. The monoisotopic (exact) mass is 777 g/mol. The highest BCUT2D eigenvalue weighted by Crippen LogP contribution is 2.40. The molecule has 0 aliphatic carbocycles. The molecule has 0 unspecified atom stereocenters. The average Bonchev–Trinajstić information content (AvgIpc) is 3.56. The SMILES string of the molecule is Cn1c(N)c(N(CCCN)C(=N)N)c[n+]1CC1=C(C(=O)O)N2C(=O)[C@@H](NC(=O)/C(=N\OC(C)(C)C(=O)O)c3nsc(N)n3)[C@H]2SC1.O=S(=O)([O-])O. The number of nitrogens with two attached hydrogens (primary N) is 4. The molecule has 0 aromatic carbocycles. The van der Waals surface area contributed by atoms with E-state index in [0.717, 1.165) is 16.4 Å². The summed E-state index contributed by atoms with van der Waals surface area (Å²) in [6, 6.07) is -1.15. The molecular weight excluding hydrogens is 743 g/mol. The molecule has 280 valence electrons. The van der Waals surface area contributed by atoms with Gasteiger partial charge in [-0.1, -0.05) is 5.16 Å². The number of carbonyl (C=O) groups is 4. The number of thioether (sulfide) groups is 1. The van der Waals surface area contributed by atoms with E-state index in [1.165, 1.54) is 30.5 Å². The van der Waals surface area contributed by atoms with Crippen molar-refractivity contribution in [1.82, 2.24) is 24.3 Å². The van der Waals surface area contributed by atoms with E-state index >= 15 is 0 Å². The van der Waals surface area contributed by atoms with Crippen LogP contribution in [0.2, 0.25) is 0 Å². The minimum atomic E-state index is -4.92. The lowest BCUT2D eigenvalue weighted by molar-refractivity contribution is -0.765. The van der Waals surface area contributed by atoms with Crippen molar-refractivity contribution in [2.45, 2.75) is 43.8 Å². The third-order valence-corrected chi connectivity index (χ3v) is 8.96. The maximum Gasteiger partial charge on any atom is 0.352 e. The lowest BCUT2D eigenvalue weighted by Gasteiger charge is -2.49. The predicted molar refractivity (Wildman–Crippen MR) is 179 cm³/mol. The number of carboxylic acid groups (broad SMARTS) is 2. The Morgan fingerprint density at radius 3 is 2.45 bits per heavy atom. The Morgan fingerprint density at radius 2 is 1.94 bits per heavy atom. The summed E-state index contributed by atoms with van der Waals surface area (Å²) < 4.78 is 40.0. The molecule has 0 radical (unpaired) electrons. The molecule has 4 rings (SSSR count). The molecule has 2 amide bonds. The van der Waals surface area contributed by atoms with Crippen LogP contribution < -0.4 is 37.8 Å². The van der Waals surface area contributed by atoms with Crippen LogP contribution in [0.25, 0.3) is 0 Å². The van der Waals surface area contributed by atoms with E-state index in [9.17, 15) is 29.4 Å². The topological polar surface area (TPSA) is 389 Å². The maximum absolute atomic E-state index is 13.3. The van der Waals surface area contributed by atoms with Crippen molar-refractivity contribution in [3.63, 3.8) is 0 Å². The minimum absolute atomic E-state index is 0.0000217. The van der Waals surface area contributed by atoms with Crippen LogP contribution in [0.15, 0.2) is 22.6 Å². The second kappa shape index (κ2) is 15.9. The van der Waals surface area contributed by atoms with Gasteiger partial charge in [-0.2, -0.15) is 9.36 Å². The number of nitrogen functional groups attached to an aromatic ring is 2. The normalized spacial score (nSPS) is 17.5. The van der Waals surface area contributed by atoms with E-state index in [2.05, 4.69) is 19.8 Å². The highest BCUT2D eigenvalue weighted by Gasteiger charge is 2.55. The van der Waals surface area contributed by atoms with Gasteiger partial charge in [0.05, 0.1) is 7.05 Å². The van der Waals surface area contributed by atoms with Gasteiger partial charge in [-0.15, -0.1) is 21.1 Å². The second-order valence-electron chi connectivity index (χ2n) is 11.0. The molecule has 4 heterocycles. The Hall–Kier alpha value is -5.09. The Labute approximate surface area is 297 Å². The number of nitrogens with zero attached hydrogens (tertiary/aromatic N) is 7. The summed E-state index contributed by atoms with van der Waals surface area (Å²) in [5.41, 5.74) is 21.6. The molecule has 1 saturated heterocycles. The third kappa shape index (κ3) is 9.58. The Bertz CT molecular complexity index is 1880. The first-order valence-corrected chi connectivity index (χ1v) is 17.4. The Balaban J connectivity index is 0.00000131. The molecule has 51 heavy (non-hydrogen) atoms. The van der Waals surface area contributed by atoms with Crippen LogP contribution in [0.1, 0.15) is 26.1 Å². The van der Waals surface area contributed by atoms with Crippen molar-refractivity contribution in [3.8, 4) is 0 Å². The molecule has 2 atom stereocenters. The number of rotatable bonds is 13. The molecule has 2 aromatic heterocycles. The first kappa shape index (κ1) is 40.3. The van der Waals surface area contributed by atoms with Crippen molar-refractivity contribution in [2.24, 2.45) is 23.7 Å². The molecular formula is C24H35N13O11S3. The number of amides is 2. The van der Waals surface area contributed by atoms with Crippen molar-refractivity contribution in [2.75, 3.05) is 35.2 Å². The second-order valence-corrected chi connectivity index (χ2v) is 13.8. The van der Waals surface area contributed by atoms with Gasteiger partial charge in [-0.3, -0.25) is 24.5 Å². The molecule has 27 heteroatoms. The molecule has 0 spiro atoms. The van der Waals surface area contributed by atoms with Crippen LogP contribution in [0.3, 0.4) is 0 Å². The number of aliphatic carboxylic acids is 2. The van der Waals surface area contributed by atoms with Gasteiger partial charge < -0.3 is 52.8 Å². The molecule has 2 aromatic rings. The van der Waals surface area contributed by atoms with Crippen LogP contribution in [0, 0.1) is 5.41 Å². The third-order valence-electron chi connectivity index (χ3n) is 7.07. The zero-order valence-corrected chi connectivity index (χ0v) is 29.5. The lowest BCUT2D eigenvalue weighted by Crippen LogP contribution is -2.71. The van der Waals surface area contributed by atoms with Gasteiger partial charge >= 0.3 is 11.9 Å². The molecule has 0 saturated carbocycles. The van der Waals surface area contributed by atoms with E-state index in [1.807, 2.05) is 0 Å². The Kier molecular flexibility index (Phi) is 12.5. The van der Waals surface area contributed by atoms with Crippen LogP contribution in [0.5, 0.6) is 0 Å². The van der Waals surface area contributed by atoms with E-state index in [1.54, 1.807) is 22.6 Å². The molecule has 1 fully saturated rings. The maximum atomic E-state index is 13.3. The van der Waals surface area contributed by atoms with Crippen molar-refractivity contribution in [3.05, 3.63) is 23.3 Å². The average molecular weight is 778 g/mol. The van der Waals surface area contributed by atoms with Crippen LogP contribution in [-0.2, 0) is 48.0 Å². The smallest absolute Gasteiger partial charge is 0.352 e. The molecule has 13 N–H and O–H groups in total. The van der Waals surface area contributed by atoms with Gasteiger partial charge in [0.25, 0.3) is 11.8 Å². The molecule has 2 aliphatic heterocycles. The zero-order valence-electron chi connectivity index (χ0n) is 27.0. The summed E-state index contributed by atoms with van der Waals surface area (Å²) in [6.07, 6.45) is 2.18. The van der Waals surface area contributed by atoms with Gasteiger partial charge in [0.2, 0.25) is 33.7 Å². The summed E-state index contributed by atoms with van der Waals surface area (Å²) in [5, 5.41) is 32.8. The Morgan fingerprint density at radius 1 is 1.31 bits per heavy atom. The molecule has 2 aliphatic rings. The number of fused-ring (bicyclic) bond motifs is 1. The van der Waals surface area contributed by atoms with Crippen molar-refractivity contribution in [1.29, 1.82) is 5.41 Å². The fourth-order valence-electron chi connectivity index (χ4n) is 4.50. The fourth-order valence-corrected chi connectivity index (χ4v) is 6.27. The molecule has 0 bridgehead atoms. The number of carbonyl (C=O) groups excluding carboxylic acids is 2. The number of anilines is 3. The van der Waals surface area contributed by atoms with E-state index in [-0.39, 0.29) is 40.7 Å². The van der Waals surface area contributed by atoms with E-state index < -0.39 is 56.9 Å². The van der Waals surface area contributed by atoms with E-state index in [0.29, 0.717) is 30.8 Å². The first-order chi connectivity index (χ1) is 23.6. The number of carboxylic acids is 2. The number of β-lactam (4-membered cyclic amide) rings is 1. The summed E-state index contributed by atoms with van der Waals surface area (Å²) in [7, 11) is -3.26. The fraction of sp³-hybridized carbons (Fsp3) is 0.458. The van der Waals surface area contributed by atoms with Crippen molar-refractivity contribution < 1.29 is 56.4 Å². The summed E-state index contributed by atoms with van der Waals surface area (Å²) in [6.45, 7) is 3.18. The molecule has 24 nitrogen and oxygen atoms in total. The van der Waals surface area contributed by atoms with Gasteiger partial charge in [0.1, 0.15) is 17.1 Å². The minimum Gasteiger partial charge on any atom is -0.726 e. The number of guanidine groups is 1. The summed E-state index contributed by atoms with van der Waals surface area (Å²) >= 11 is 1.98. The number of aromatic nitrogens is 4. The van der Waals surface area contributed by atoms with Gasteiger partial charge in [0.15, 0.2) is 29.1 Å². The van der Waals surface area contributed by atoms with Gasteiger partial charge in [-0.05, 0) is 26.8 Å². The summed E-state index contributed by atoms with van der Waals surface area (Å²) in [5.74, 6) is -4.39. The van der Waals surface area contributed by atoms with Gasteiger partial charge in [0, 0.05) is 29.4 Å². The largest absolute Gasteiger partial charge is 0.726 e. The van der Waals surface area contributed by atoms with Crippen LogP contribution in [0.4, 0.5) is 16.6 Å². The van der Waals surface area contributed by atoms with Crippen LogP contribution >= 0.6 is 23.3 Å². The highest BCUT2D eigenvalue weighted by atomic mass is 32.3. The first-order valence-electron chi connectivity index (χ1n) is 14.2. The number of hydrogen-bond donors (Lipinski definition) is 9. The van der Waals surface area contributed by atoms with Gasteiger partial charge in [-0.25, -0.2) is 18.0 Å². The number of nitrogens with one attached hydrogen (secondary N) is 2. The van der Waals surface area contributed by atoms with Crippen LogP contribution in [-0.4, -0.2) is 118 Å². The lowest BCUT2D eigenvalue weighted by atomic mass is 10.0. The number of oxime groups is 1. The quantitative estimate of drug-likeness (QED) is 0.0180. The highest BCUT2D eigenvalue weighted by molar-refractivity contribution is 8.00. The predicted octanol–water partition coefficient (Wildman–Crippen LogP) is -3.60. The number of hydrogen-bond acceptors (Lipinski definition) is 17. The zero-order chi connectivity index (χ0) is 38.6.